The van der Waals surface area contributed by atoms with Crippen LogP contribution >= 0.6 is 0 Å². The number of carbonyl (C=O) groups is 1. The van der Waals surface area contributed by atoms with E-state index in [4.69, 9.17) is 18.6 Å². The van der Waals surface area contributed by atoms with Crippen molar-refractivity contribution in [3.05, 3.63) is 59.4 Å². The van der Waals surface area contributed by atoms with Gasteiger partial charge in [-0.15, -0.1) is 0 Å². The van der Waals surface area contributed by atoms with Crippen LogP contribution in [0.5, 0.6) is 17.2 Å². The van der Waals surface area contributed by atoms with Crippen molar-refractivity contribution in [1.82, 2.24) is 9.80 Å². The summed E-state index contributed by atoms with van der Waals surface area (Å²) in [7, 11) is 1.63. The number of amides is 1. The van der Waals surface area contributed by atoms with Gasteiger partial charge in [0, 0.05) is 55.8 Å². The number of hydrogen-bond donors (Lipinski definition) is 0. The van der Waals surface area contributed by atoms with Gasteiger partial charge in [0.1, 0.15) is 11.3 Å². The number of fused-ring (bicyclic) bond motifs is 2. The Kier molecular flexibility index (Phi) is 5.72. The molecule has 1 aromatic heterocycles. The van der Waals surface area contributed by atoms with E-state index in [0.29, 0.717) is 18.8 Å². The Morgan fingerprint density at radius 2 is 1.88 bits per heavy atom. The number of aryl methyl sites for hydroxylation is 1. The van der Waals surface area contributed by atoms with E-state index in [9.17, 15) is 4.79 Å². The minimum atomic E-state index is 0.0290. The lowest BCUT2D eigenvalue weighted by Crippen LogP contribution is -2.47. The Morgan fingerprint density at radius 1 is 1.09 bits per heavy atom. The average Bonchev–Trinajstić information content (AvgIpc) is 3.44. The van der Waals surface area contributed by atoms with Gasteiger partial charge in [-0.05, 0) is 48.7 Å². The molecule has 0 bridgehead atoms. The number of allylic oxidation sites excluding steroid dienone is 1. The zero-order valence-corrected chi connectivity index (χ0v) is 19.2. The summed E-state index contributed by atoms with van der Waals surface area (Å²) in [5.74, 6) is 2.34. The molecule has 0 saturated carbocycles. The fraction of sp³-hybridized carbons (Fsp3) is 0.346. The molecular weight excluding hydrogens is 420 g/mol. The molecule has 0 N–H and O–H groups in total. The van der Waals surface area contributed by atoms with E-state index in [0.717, 1.165) is 58.8 Å². The molecule has 33 heavy (non-hydrogen) atoms. The third kappa shape index (κ3) is 4.28. The summed E-state index contributed by atoms with van der Waals surface area (Å²) in [5, 5.41) is 1.03. The van der Waals surface area contributed by atoms with E-state index >= 15 is 0 Å². The van der Waals surface area contributed by atoms with E-state index in [1.54, 1.807) is 19.4 Å². The first-order valence-corrected chi connectivity index (χ1v) is 11.2. The summed E-state index contributed by atoms with van der Waals surface area (Å²) in [6.07, 6.45) is 3.45. The lowest BCUT2D eigenvalue weighted by molar-refractivity contribution is -0.127. The topological polar surface area (TPSA) is 64.4 Å². The van der Waals surface area contributed by atoms with Crippen LogP contribution in [0.1, 0.15) is 23.6 Å². The van der Waals surface area contributed by atoms with E-state index in [-0.39, 0.29) is 12.7 Å². The number of piperazine rings is 1. The van der Waals surface area contributed by atoms with Crippen LogP contribution < -0.4 is 14.2 Å². The van der Waals surface area contributed by atoms with Crippen molar-refractivity contribution in [2.24, 2.45) is 0 Å². The number of methoxy groups -OCH3 is 1. The van der Waals surface area contributed by atoms with Crippen molar-refractivity contribution in [3.63, 3.8) is 0 Å². The van der Waals surface area contributed by atoms with Crippen LogP contribution in [-0.4, -0.2) is 55.8 Å². The van der Waals surface area contributed by atoms with E-state index in [2.05, 4.69) is 11.0 Å². The fourth-order valence-corrected chi connectivity index (χ4v) is 4.44. The van der Waals surface area contributed by atoms with E-state index < -0.39 is 0 Å². The number of benzene rings is 2. The van der Waals surface area contributed by atoms with Gasteiger partial charge in [0.2, 0.25) is 12.7 Å². The van der Waals surface area contributed by atoms with Crippen LogP contribution in [0.15, 0.2) is 47.1 Å². The molecule has 2 aliphatic rings. The maximum Gasteiger partial charge on any atom is 0.246 e. The Morgan fingerprint density at radius 3 is 2.67 bits per heavy atom. The molecular formula is C26H28N2O5. The monoisotopic (exact) mass is 448 g/mol. The zero-order chi connectivity index (χ0) is 22.9. The van der Waals surface area contributed by atoms with Gasteiger partial charge in [-0.2, -0.15) is 0 Å². The minimum absolute atomic E-state index is 0.0290. The van der Waals surface area contributed by atoms with Crippen LogP contribution in [0.2, 0.25) is 0 Å². The number of carbonyl (C=O) groups excluding carboxylic acids is 1. The molecule has 0 spiro atoms. The molecule has 5 rings (SSSR count). The molecule has 0 radical (unpaired) electrons. The number of hydrogen-bond acceptors (Lipinski definition) is 6. The molecule has 7 nitrogen and oxygen atoms in total. The summed E-state index contributed by atoms with van der Waals surface area (Å²) in [6.45, 7) is 8.13. The highest BCUT2D eigenvalue weighted by atomic mass is 16.7. The summed E-state index contributed by atoms with van der Waals surface area (Å²) >= 11 is 0. The summed E-state index contributed by atoms with van der Waals surface area (Å²) in [4.78, 5) is 17.3. The lowest BCUT2D eigenvalue weighted by atomic mass is 10.0. The van der Waals surface area contributed by atoms with Gasteiger partial charge in [-0.25, -0.2) is 0 Å². The molecule has 1 saturated heterocycles. The van der Waals surface area contributed by atoms with Gasteiger partial charge in [-0.3, -0.25) is 9.69 Å². The maximum atomic E-state index is 13.0. The van der Waals surface area contributed by atoms with Crippen molar-refractivity contribution >= 4 is 22.4 Å². The molecule has 0 aliphatic carbocycles. The molecule has 1 fully saturated rings. The zero-order valence-electron chi connectivity index (χ0n) is 19.2. The van der Waals surface area contributed by atoms with Crippen LogP contribution in [0.25, 0.3) is 16.5 Å². The maximum absolute atomic E-state index is 13.0. The van der Waals surface area contributed by atoms with Gasteiger partial charge in [0.25, 0.3) is 0 Å². The fourth-order valence-electron chi connectivity index (χ4n) is 4.44. The molecule has 1 amide bonds. The van der Waals surface area contributed by atoms with Gasteiger partial charge < -0.3 is 23.5 Å². The third-order valence-corrected chi connectivity index (χ3v) is 6.38. The molecule has 2 aliphatic heterocycles. The Balaban J connectivity index is 1.23. The molecule has 0 atom stereocenters. The Labute approximate surface area is 193 Å². The van der Waals surface area contributed by atoms with Gasteiger partial charge in [0.05, 0.1) is 13.4 Å². The summed E-state index contributed by atoms with van der Waals surface area (Å²) < 4.78 is 22.0. The smallest absolute Gasteiger partial charge is 0.246 e. The molecule has 2 aromatic carbocycles. The number of nitrogens with zero attached hydrogens (tertiary/aromatic N) is 2. The number of rotatable bonds is 5. The highest BCUT2D eigenvalue weighted by Crippen LogP contribution is 2.34. The third-order valence-electron chi connectivity index (χ3n) is 6.38. The second-order valence-corrected chi connectivity index (χ2v) is 8.58. The Bertz CT molecular complexity index is 1220. The van der Waals surface area contributed by atoms with E-state index in [1.165, 1.54) is 5.56 Å². The average molecular weight is 449 g/mol. The Hall–Kier alpha value is -3.45. The first-order chi connectivity index (χ1) is 16.0. The van der Waals surface area contributed by atoms with Crippen molar-refractivity contribution in [3.8, 4) is 17.2 Å². The largest absolute Gasteiger partial charge is 0.496 e. The second kappa shape index (κ2) is 8.83. The molecule has 172 valence electrons. The van der Waals surface area contributed by atoms with Crippen LogP contribution in [0, 0.1) is 6.92 Å². The van der Waals surface area contributed by atoms with Crippen LogP contribution in [-0.2, 0) is 11.3 Å². The highest BCUT2D eigenvalue weighted by Gasteiger charge is 2.22. The van der Waals surface area contributed by atoms with Crippen LogP contribution in [0.4, 0.5) is 0 Å². The summed E-state index contributed by atoms with van der Waals surface area (Å²) in [6, 6.07) is 9.99. The van der Waals surface area contributed by atoms with Crippen molar-refractivity contribution in [1.29, 1.82) is 0 Å². The van der Waals surface area contributed by atoms with Gasteiger partial charge in [-0.1, -0.05) is 6.07 Å². The van der Waals surface area contributed by atoms with Gasteiger partial charge in [0.15, 0.2) is 11.5 Å². The molecule has 3 heterocycles. The SMILES string of the molecule is COc1cc2occ(C)c2cc1/C(C)=C/C(=O)N1CCN(Cc2ccc3c(c2)OCO3)CC1. The lowest BCUT2D eigenvalue weighted by Gasteiger charge is -2.34. The van der Waals surface area contributed by atoms with Crippen molar-refractivity contribution in [2.75, 3.05) is 40.1 Å². The molecule has 0 unspecified atom stereocenters. The number of ether oxygens (including phenoxy) is 3. The normalized spacial score (nSPS) is 16.5. The first-order valence-electron chi connectivity index (χ1n) is 11.2. The predicted octanol–water partition coefficient (Wildman–Crippen LogP) is 4.23. The quantitative estimate of drug-likeness (QED) is 0.545. The van der Waals surface area contributed by atoms with Crippen LogP contribution in [0.3, 0.4) is 0 Å². The summed E-state index contributed by atoms with van der Waals surface area (Å²) in [5.41, 5.74) is 4.82. The second-order valence-electron chi connectivity index (χ2n) is 8.58. The predicted molar refractivity (Wildman–Crippen MR) is 126 cm³/mol. The van der Waals surface area contributed by atoms with Crippen molar-refractivity contribution in [2.45, 2.75) is 20.4 Å². The minimum Gasteiger partial charge on any atom is -0.496 e. The van der Waals surface area contributed by atoms with Crippen molar-refractivity contribution < 1.29 is 23.4 Å². The standard InChI is InChI=1S/C26H28N2O5/c1-17(20-12-21-18(2)15-31-24(21)13-23(20)30-3)10-26(29)28-8-6-27(7-9-28)14-19-4-5-22-25(11-19)33-16-32-22/h4-5,10-13,15H,6-9,14,16H2,1-3H3/b17-10+. The number of furan rings is 1. The first kappa shape index (κ1) is 21.4. The molecule has 7 heteroatoms. The highest BCUT2D eigenvalue weighted by molar-refractivity contribution is 5.97. The van der Waals surface area contributed by atoms with E-state index in [1.807, 2.05) is 43.0 Å². The molecule has 3 aromatic rings. The van der Waals surface area contributed by atoms with Gasteiger partial charge >= 0.3 is 0 Å².